The molecule has 1 N–H and O–H groups in total. The van der Waals surface area contributed by atoms with Crippen molar-refractivity contribution in [1.82, 2.24) is 10.2 Å². The molecule has 0 saturated carbocycles. The lowest BCUT2D eigenvalue weighted by atomic mass is 10.1. The van der Waals surface area contributed by atoms with Crippen LogP contribution in [0, 0.1) is 5.82 Å². The number of carbonyl (C=O) groups is 2. The molecule has 0 unspecified atom stereocenters. The fourth-order valence-electron chi connectivity index (χ4n) is 3.06. The van der Waals surface area contributed by atoms with Crippen molar-refractivity contribution in [1.29, 1.82) is 0 Å². The second-order valence-corrected chi connectivity index (χ2v) is 8.35. The highest BCUT2D eigenvalue weighted by atomic mass is 32.2. The van der Waals surface area contributed by atoms with Gasteiger partial charge in [0.2, 0.25) is 11.8 Å². The number of rotatable bonds is 11. The third kappa shape index (κ3) is 7.48. The van der Waals surface area contributed by atoms with E-state index >= 15 is 0 Å². The largest absolute Gasteiger partial charge is 0.352 e. The van der Waals surface area contributed by atoms with Crippen LogP contribution < -0.4 is 5.32 Å². The molecule has 0 bridgehead atoms. The van der Waals surface area contributed by atoms with Gasteiger partial charge in [0.1, 0.15) is 11.9 Å². The Morgan fingerprint density at radius 1 is 1.00 bits per heavy atom. The number of thioether (sulfide) groups is 1. The summed E-state index contributed by atoms with van der Waals surface area (Å²) in [5, 5.41) is 3.01. The van der Waals surface area contributed by atoms with Crippen LogP contribution in [0.15, 0.2) is 54.6 Å². The van der Waals surface area contributed by atoms with Gasteiger partial charge in [0, 0.05) is 18.3 Å². The lowest BCUT2D eigenvalue weighted by molar-refractivity contribution is -0.139. The molecule has 2 aromatic carbocycles. The van der Waals surface area contributed by atoms with Crippen LogP contribution in [0.1, 0.15) is 44.7 Å². The lowest BCUT2D eigenvalue weighted by Gasteiger charge is -2.31. The maximum Gasteiger partial charge on any atom is 0.243 e. The minimum Gasteiger partial charge on any atom is -0.352 e. The van der Waals surface area contributed by atoms with Crippen molar-refractivity contribution < 1.29 is 14.0 Å². The Balaban J connectivity index is 2.09. The summed E-state index contributed by atoms with van der Waals surface area (Å²) in [6.07, 6.45) is 1.38. The zero-order valence-corrected chi connectivity index (χ0v) is 18.8. The molecule has 0 spiro atoms. The van der Waals surface area contributed by atoms with E-state index in [1.165, 1.54) is 23.9 Å². The van der Waals surface area contributed by atoms with Gasteiger partial charge >= 0.3 is 0 Å². The van der Waals surface area contributed by atoms with Crippen LogP contribution in [0.25, 0.3) is 0 Å². The SMILES string of the molecule is CC[C@@H](C)NC(=O)[C@H](CC)N(Cc1ccccc1)C(=O)CSCc1ccc(F)cc1. The van der Waals surface area contributed by atoms with Crippen molar-refractivity contribution in [3.63, 3.8) is 0 Å². The third-order valence-corrected chi connectivity index (χ3v) is 5.98. The van der Waals surface area contributed by atoms with Crippen LogP contribution >= 0.6 is 11.8 Å². The van der Waals surface area contributed by atoms with Gasteiger partial charge in [0.25, 0.3) is 0 Å². The van der Waals surface area contributed by atoms with Crippen molar-refractivity contribution >= 4 is 23.6 Å². The molecule has 0 radical (unpaired) electrons. The molecular formula is C24H31FN2O2S. The van der Waals surface area contributed by atoms with Crippen molar-refractivity contribution in [3.05, 3.63) is 71.5 Å². The molecule has 0 fully saturated rings. The molecule has 0 aliphatic rings. The summed E-state index contributed by atoms with van der Waals surface area (Å²) in [4.78, 5) is 27.7. The average molecular weight is 431 g/mol. The summed E-state index contributed by atoms with van der Waals surface area (Å²) in [6.45, 7) is 6.30. The molecule has 0 aliphatic heterocycles. The van der Waals surface area contributed by atoms with Gasteiger partial charge in [-0.3, -0.25) is 9.59 Å². The highest BCUT2D eigenvalue weighted by Gasteiger charge is 2.29. The van der Waals surface area contributed by atoms with E-state index in [4.69, 9.17) is 0 Å². The summed E-state index contributed by atoms with van der Waals surface area (Å²) in [5.74, 6) is 0.419. The number of halogens is 1. The van der Waals surface area contributed by atoms with E-state index in [9.17, 15) is 14.0 Å². The molecule has 162 valence electrons. The fraction of sp³-hybridized carbons (Fsp3) is 0.417. The molecule has 0 saturated heterocycles. The van der Waals surface area contributed by atoms with Crippen LogP contribution in [0.5, 0.6) is 0 Å². The van der Waals surface area contributed by atoms with E-state index in [0.717, 1.165) is 17.5 Å². The summed E-state index contributed by atoms with van der Waals surface area (Å²) in [6, 6.07) is 15.6. The van der Waals surface area contributed by atoms with Crippen LogP contribution in [-0.4, -0.2) is 34.6 Å². The van der Waals surface area contributed by atoms with Crippen LogP contribution in [-0.2, 0) is 21.9 Å². The Labute approximate surface area is 183 Å². The number of benzene rings is 2. The van der Waals surface area contributed by atoms with Crippen molar-refractivity contribution in [3.8, 4) is 0 Å². The highest BCUT2D eigenvalue weighted by Crippen LogP contribution is 2.17. The molecule has 0 aromatic heterocycles. The number of hydrogen-bond donors (Lipinski definition) is 1. The highest BCUT2D eigenvalue weighted by molar-refractivity contribution is 7.99. The molecule has 0 heterocycles. The molecule has 2 rings (SSSR count). The molecule has 2 amide bonds. The van der Waals surface area contributed by atoms with Gasteiger partial charge in [-0.2, -0.15) is 0 Å². The quantitative estimate of drug-likeness (QED) is 0.558. The first-order valence-electron chi connectivity index (χ1n) is 10.4. The molecular weight excluding hydrogens is 399 g/mol. The third-order valence-electron chi connectivity index (χ3n) is 4.99. The summed E-state index contributed by atoms with van der Waals surface area (Å²) < 4.78 is 13.1. The van der Waals surface area contributed by atoms with Crippen molar-refractivity contribution in [2.45, 2.75) is 58.0 Å². The van der Waals surface area contributed by atoms with Crippen LogP contribution in [0.4, 0.5) is 4.39 Å². The summed E-state index contributed by atoms with van der Waals surface area (Å²) in [5.41, 5.74) is 1.95. The number of hydrogen-bond acceptors (Lipinski definition) is 3. The first-order chi connectivity index (χ1) is 14.4. The second kappa shape index (κ2) is 12.4. The van der Waals surface area contributed by atoms with Gasteiger partial charge < -0.3 is 10.2 Å². The van der Waals surface area contributed by atoms with Gasteiger partial charge in [0.15, 0.2) is 0 Å². The van der Waals surface area contributed by atoms with Gasteiger partial charge in [-0.1, -0.05) is 56.3 Å². The maximum atomic E-state index is 13.1. The Morgan fingerprint density at radius 2 is 1.67 bits per heavy atom. The normalized spacial score (nSPS) is 12.8. The molecule has 0 aliphatic carbocycles. The Bertz CT molecular complexity index is 799. The second-order valence-electron chi connectivity index (χ2n) is 7.37. The van der Waals surface area contributed by atoms with E-state index in [2.05, 4.69) is 5.32 Å². The van der Waals surface area contributed by atoms with E-state index < -0.39 is 6.04 Å². The number of carbonyl (C=O) groups excluding carboxylic acids is 2. The zero-order valence-electron chi connectivity index (χ0n) is 17.9. The van der Waals surface area contributed by atoms with E-state index in [1.54, 1.807) is 17.0 Å². The molecule has 30 heavy (non-hydrogen) atoms. The average Bonchev–Trinajstić information content (AvgIpc) is 2.75. The number of nitrogens with zero attached hydrogens (tertiary/aromatic N) is 1. The van der Waals surface area contributed by atoms with Gasteiger partial charge in [-0.05, 0) is 43.0 Å². The molecule has 6 heteroatoms. The minimum absolute atomic E-state index is 0.0630. The monoisotopic (exact) mass is 430 g/mol. The number of nitrogens with one attached hydrogen (secondary N) is 1. The van der Waals surface area contributed by atoms with Gasteiger partial charge in [-0.15, -0.1) is 11.8 Å². The van der Waals surface area contributed by atoms with Gasteiger partial charge in [-0.25, -0.2) is 4.39 Å². The predicted molar refractivity (Wildman–Crippen MR) is 122 cm³/mol. The summed E-state index contributed by atoms with van der Waals surface area (Å²) in [7, 11) is 0. The van der Waals surface area contributed by atoms with E-state index in [1.807, 2.05) is 51.1 Å². The Kier molecular flexibility index (Phi) is 9.87. The van der Waals surface area contributed by atoms with Crippen molar-refractivity contribution in [2.75, 3.05) is 5.75 Å². The van der Waals surface area contributed by atoms with Crippen LogP contribution in [0.2, 0.25) is 0 Å². The lowest BCUT2D eigenvalue weighted by Crippen LogP contribution is -2.51. The Hall–Kier alpha value is -2.34. The molecule has 2 atom stereocenters. The summed E-state index contributed by atoms with van der Waals surface area (Å²) >= 11 is 1.47. The standard InChI is InChI=1S/C24H31FN2O2S/c1-4-18(3)26-24(29)22(5-2)27(15-19-9-7-6-8-10-19)23(28)17-30-16-20-11-13-21(25)14-12-20/h6-14,18,22H,4-5,15-17H2,1-3H3,(H,26,29)/t18-,22+/m1/s1. The van der Waals surface area contributed by atoms with Crippen molar-refractivity contribution in [2.24, 2.45) is 0 Å². The smallest absolute Gasteiger partial charge is 0.243 e. The topological polar surface area (TPSA) is 49.4 Å². The predicted octanol–water partition coefficient (Wildman–Crippen LogP) is 4.78. The molecule has 2 aromatic rings. The fourth-order valence-corrected chi connectivity index (χ4v) is 3.93. The Morgan fingerprint density at radius 3 is 2.27 bits per heavy atom. The maximum absolute atomic E-state index is 13.1. The van der Waals surface area contributed by atoms with E-state index in [0.29, 0.717) is 18.7 Å². The van der Waals surface area contributed by atoms with Crippen LogP contribution in [0.3, 0.4) is 0 Å². The van der Waals surface area contributed by atoms with Gasteiger partial charge in [0.05, 0.1) is 5.75 Å². The first kappa shape index (κ1) is 23.9. The minimum atomic E-state index is -0.516. The molecule has 4 nitrogen and oxygen atoms in total. The zero-order chi connectivity index (χ0) is 21.9. The number of amides is 2. The van der Waals surface area contributed by atoms with E-state index in [-0.39, 0.29) is 29.4 Å². The first-order valence-corrected chi connectivity index (χ1v) is 11.6.